The molecule has 1 saturated heterocycles. The molecule has 4 rings (SSSR count). The van der Waals surface area contributed by atoms with Crippen LogP contribution in [0.5, 0.6) is 0 Å². The molecule has 3 aromatic rings. The predicted octanol–water partition coefficient (Wildman–Crippen LogP) is 8.30. The molecule has 0 spiro atoms. The average Bonchev–Trinajstić information content (AvgIpc) is 2.93. The second kappa shape index (κ2) is 13.0. The minimum absolute atomic E-state index is 0.148. The monoisotopic (exact) mass is 540 g/mol. The molecule has 1 atom stereocenters. The number of hydrogen-bond acceptors (Lipinski definition) is 3. The van der Waals surface area contributed by atoms with E-state index < -0.39 is 0 Å². The number of anilines is 3. The van der Waals surface area contributed by atoms with Crippen molar-refractivity contribution in [1.29, 1.82) is 0 Å². The summed E-state index contributed by atoms with van der Waals surface area (Å²) in [6, 6.07) is 21.3. The summed E-state index contributed by atoms with van der Waals surface area (Å²) in [5.74, 6) is 1.06. The molecule has 0 saturated carbocycles. The maximum Gasteiger partial charge on any atom is 0.323 e. The molecule has 3 amide bonds. The summed E-state index contributed by atoms with van der Waals surface area (Å²) >= 11 is 0. The summed E-state index contributed by atoms with van der Waals surface area (Å²) in [6.45, 7) is 14.6. The van der Waals surface area contributed by atoms with Crippen molar-refractivity contribution in [2.45, 2.75) is 72.3 Å². The van der Waals surface area contributed by atoms with Crippen LogP contribution in [0.4, 0.5) is 21.9 Å². The summed E-state index contributed by atoms with van der Waals surface area (Å²) in [7, 11) is 0. The van der Waals surface area contributed by atoms with Crippen LogP contribution >= 0.6 is 0 Å². The molecule has 40 heavy (non-hydrogen) atoms. The number of rotatable bonds is 8. The Bertz CT molecular complexity index is 1280. The van der Waals surface area contributed by atoms with Gasteiger partial charge in [0.15, 0.2) is 0 Å². The highest BCUT2D eigenvalue weighted by atomic mass is 16.2. The lowest BCUT2D eigenvalue weighted by atomic mass is 9.93. The third-order valence-corrected chi connectivity index (χ3v) is 7.88. The van der Waals surface area contributed by atoms with Crippen LogP contribution in [0.1, 0.15) is 99.3 Å². The highest BCUT2D eigenvalue weighted by Gasteiger charge is 2.23. The zero-order valence-electron chi connectivity index (χ0n) is 24.8. The molecular formula is C34H44N4O2. The number of carbonyl (C=O) groups is 2. The summed E-state index contributed by atoms with van der Waals surface area (Å²) in [4.78, 5) is 29.2. The first-order valence-corrected chi connectivity index (χ1v) is 14.6. The van der Waals surface area contributed by atoms with E-state index >= 15 is 0 Å². The maximum absolute atomic E-state index is 13.7. The van der Waals surface area contributed by atoms with Crippen LogP contribution in [0, 0.1) is 5.92 Å². The molecule has 0 aliphatic carbocycles. The van der Waals surface area contributed by atoms with Crippen molar-refractivity contribution in [2.24, 2.45) is 5.92 Å². The Morgan fingerprint density at radius 1 is 0.800 bits per heavy atom. The van der Waals surface area contributed by atoms with Crippen molar-refractivity contribution in [3.8, 4) is 0 Å². The third-order valence-electron chi connectivity index (χ3n) is 7.88. The average molecular weight is 541 g/mol. The molecule has 1 fully saturated rings. The number of nitrogens with one attached hydrogen (secondary N) is 3. The highest BCUT2D eigenvalue weighted by Crippen LogP contribution is 2.33. The Hall–Kier alpha value is -3.80. The predicted molar refractivity (Wildman–Crippen MR) is 167 cm³/mol. The van der Waals surface area contributed by atoms with E-state index in [1.807, 2.05) is 49.4 Å². The van der Waals surface area contributed by atoms with Gasteiger partial charge >= 0.3 is 6.03 Å². The number of carbonyl (C=O) groups excluding carboxylic acids is 2. The third kappa shape index (κ3) is 7.04. The largest absolute Gasteiger partial charge is 0.371 e. The topological polar surface area (TPSA) is 73.5 Å². The van der Waals surface area contributed by atoms with Crippen molar-refractivity contribution >= 4 is 29.0 Å². The maximum atomic E-state index is 13.7. The van der Waals surface area contributed by atoms with Gasteiger partial charge in [-0.3, -0.25) is 4.79 Å². The molecule has 1 aliphatic heterocycles. The second-order valence-corrected chi connectivity index (χ2v) is 11.7. The number of nitrogens with zero attached hydrogens (tertiary/aromatic N) is 1. The van der Waals surface area contributed by atoms with Crippen LogP contribution in [0.25, 0.3) is 0 Å². The quantitative estimate of drug-likeness (QED) is 0.269. The number of piperidine rings is 1. The summed E-state index contributed by atoms with van der Waals surface area (Å²) in [5.41, 5.74) is 6.17. The molecule has 0 bridgehead atoms. The first kappa shape index (κ1) is 29.2. The highest BCUT2D eigenvalue weighted by molar-refractivity contribution is 6.04. The summed E-state index contributed by atoms with van der Waals surface area (Å²) in [5, 5.41) is 9.27. The number of amides is 3. The van der Waals surface area contributed by atoms with Gasteiger partial charge in [0.25, 0.3) is 5.91 Å². The van der Waals surface area contributed by atoms with Gasteiger partial charge in [0.1, 0.15) is 0 Å². The number of para-hydroxylation sites is 1. The number of urea groups is 1. The Morgan fingerprint density at radius 2 is 1.43 bits per heavy atom. The van der Waals surface area contributed by atoms with Crippen molar-refractivity contribution in [2.75, 3.05) is 28.6 Å². The lowest BCUT2D eigenvalue weighted by Crippen LogP contribution is -2.35. The van der Waals surface area contributed by atoms with E-state index in [1.165, 1.54) is 0 Å². The molecule has 6 heteroatoms. The van der Waals surface area contributed by atoms with Gasteiger partial charge in [-0.1, -0.05) is 83.1 Å². The van der Waals surface area contributed by atoms with Crippen LogP contribution in [0.3, 0.4) is 0 Å². The molecule has 6 nitrogen and oxygen atoms in total. The Labute approximate surface area is 239 Å². The smallest absolute Gasteiger partial charge is 0.323 e. The normalized spacial score (nSPS) is 14.8. The molecule has 1 heterocycles. The minimum Gasteiger partial charge on any atom is -0.371 e. The molecule has 3 aromatic carbocycles. The van der Waals surface area contributed by atoms with Gasteiger partial charge in [-0.25, -0.2) is 4.79 Å². The van der Waals surface area contributed by atoms with Crippen LogP contribution in [-0.2, 0) is 0 Å². The summed E-state index contributed by atoms with van der Waals surface area (Å²) in [6.07, 6.45) is 2.19. The van der Waals surface area contributed by atoms with Gasteiger partial charge in [0.2, 0.25) is 0 Å². The van der Waals surface area contributed by atoms with Gasteiger partial charge in [-0.2, -0.15) is 0 Å². The zero-order valence-corrected chi connectivity index (χ0v) is 24.8. The first-order valence-electron chi connectivity index (χ1n) is 14.6. The zero-order chi connectivity index (χ0) is 28.8. The molecule has 212 valence electrons. The van der Waals surface area contributed by atoms with Crippen LogP contribution < -0.4 is 20.9 Å². The van der Waals surface area contributed by atoms with Crippen molar-refractivity contribution in [3.05, 3.63) is 89.0 Å². The SMILES string of the molecule is CC1CCN(c2ccc(NC(=O)Nc3c(C(C)C)cccc3C(C)C)cc2C(=O)NC(C)c2ccccc2)CC1. The molecule has 0 radical (unpaired) electrons. The van der Waals surface area contributed by atoms with E-state index in [0.717, 1.165) is 54.0 Å². The van der Waals surface area contributed by atoms with Gasteiger partial charge in [-0.15, -0.1) is 0 Å². The number of benzene rings is 3. The minimum atomic E-state index is -0.321. The lowest BCUT2D eigenvalue weighted by molar-refractivity contribution is 0.0940. The van der Waals surface area contributed by atoms with E-state index in [1.54, 1.807) is 6.07 Å². The van der Waals surface area contributed by atoms with E-state index in [2.05, 4.69) is 73.7 Å². The fourth-order valence-electron chi connectivity index (χ4n) is 5.39. The molecular weight excluding hydrogens is 496 g/mol. The van der Waals surface area contributed by atoms with Gasteiger partial charge < -0.3 is 20.9 Å². The molecule has 1 aliphatic rings. The van der Waals surface area contributed by atoms with Gasteiger partial charge in [-0.05, 0) is 72.4 Å². The van der Waals surface area contributed by atoms with E-state index in [0.29, 0.717) is 17.2 Å². The van der Waals surface area contributed by atoms with Crippen LogP contribution in [0.15, 0.2) is 66.7 Å². The Balaban J connectivity index is 1.60. The van der Waals surface area contributed by atoms with Gasteiger partial charge in [0.05, 0.1) is 11.6 Å². The van der Waals surface area contributed by atoms with Crippen molar-refractivity contribution in [1.82, 2.24) is 5.32 Å². The molecule has 1 unspecified atom stereocenters. The fraction of sp³-hybridized carbons (Fsp3) is 0.412. The molecule has 0 aromatic heterocycles. The van der Waals surface area contributed by atoms with Gasteiger partial charge in [0, 0.05) is 30.2 Å². The standard InChI is InChI=1S/C34H44N4O2/c1-22(2)28-13-10-14-29(23(3)4)32(28)37-34(40)36-27-15-16-31(38-19-17-24(5)18-20-38)30(21-27)33(39)35-25(6)26-11-8-7-9-12-26/h7-16,21-25H,17-20H2,1-6H3,(H,35,39)(H2,36,37,40). The van der Waals surface area contributed by atoms with Crippen molar-refractivity contribution < 1.29 is 9.59 Å². The van der Waals surface area contributed by atoms with E-state index in [4.69, 9.17) is 0 Å². The fourth-order valence-corrected chi connectivity index (χ4v) is 5.39. The number of hydrogen-bond donors (Lipinski definition) is 3. The second-order valence-electron chi connectivity index (χ2n) is 11.7. The van der Waals surface area contributed by atoms with E-state index in [-0.39, 0.29) is 29.8 Å². The molecule has 3 N–H and O–H groups in total. The lowest BCUT2D eigenvalue weighted by Gasteiger charge is -2.33. The van der Waals surface area contributed by atoms with E-state index in [9.17, 15) is 9.59 Å². The summed E-state index contributed by atoms with van der Waals surface area (Å²) < 4.78 is 0. The Morgan fingerprint density at radius 3 is 2.02 bits per heavy atom. The Kier molecular flexibility index (Phi) is 9.51. The van der Waals surface area contributed by atoms with Crippen LogP contribution in [0.2, 0.25) is 0 Å². The van der Waals surface area contributed by atoms with Crippen LogP contribution in [-0.4, -0.2) is 25.0 Å². The first-order chi connectivity index (χ1) is 19.1. The van der Waals surface area contributed by atoms with Crippen molar-refractivity contribution in [3.63, 3.8) is 0 Å².